The van der Waals surface area contributed by atoms with Crippen LogP contribution in [0.3, 0.4) is 0 Å². The number of benzene rings is 2. The van der Waals surface area contributed by atoms with Gasteiger partial charge >= 0.3 is 0 Å². The van der Waals surface area contributed by atoms with E-state index in [9.17, 15) is 9.59 Å². The molecule has 5 rings (SSSR count). The molecule has 6 nitrogen and oxygen atoms in total. The lowest BCUT2D eigenvalue weighted by molar-refractivity contribution is 0.0631. The summed E-state index contributed by atoms with van der Waals surface area (Å²) >= 11 is 8.12. The Labute approximate surface area is 180 Å². The van der Waals surface area contributed by atoms with Crippen LogP contribution in [0, 0.1) is 6.92 Å². The van der Waals surface area contributed by atoms with Crippen LogP contribution in [-0.4, -0.2) is 35.0 Å². The number of aromatic nitrogens is 1. The molecule has 2 aromatic carbocycles. The van der Waals surface area contributed by atoms with Crippen molar-refractivity contribution in [2.75, 3.05) is 13.2 Å². The second-order valence-corrected chi connectivity index (χ2v) is 8.33. The fraction of sp³-hybridized carbons (Fsp3) is 0.136. The molecule has 8 heteroatoms. The number of rotatable bonds is 5. The topological polar surface area (TPSA) is 72.6 Å². The third-order valence-electron chi connectivity index (χ3n) is 5.11. The van der Waals surface area contributed by atoms with E-state index in [-0.39, 0.29) is 25.0 Å². The van der Waals surface area contributed by atoms with E-state index >= 15 is 0 Å². The zero-order valence-corrected chi connectivity index (χ0v) is 17.4. The monoisotopic (exact) mass is 438 g/mol. The minimum atomic E-state index is -0.313. The number of aryl methyl sites for hydroxylation is 1. The first-order valence-corrected chi connectivity index (χ1v) is 10.5. The third kappa shape index (κ3) is 2.89. The molecule has 0 saturated carbocycles. The molecule has 0 N–H and O–H groups in total. The van der Waals surface area contributed by atoms with Gasteiger partial charge in [0.25, 0.3) is 11.8 Å². The Balaban J connectivity index is 1.33. The van der Waals surface area contributed by atoms with Gasteiger partial charge in [0, 0.05) is 10.4 Å². The summed E-state index contributed by atoms with van der Waals surface area (Å²) in [6.45, 7) is 2.26. The third-order valence-corrected chi connectivity index (χ3v) is 6.31. The SMILES string of the molecule is Cc1sccc1-c1noc2c(Cl)c(OCCN3C(=O)c4ccccc4C3=O)ccc12. The fourth-order valence-electron chi connectivity index (χ4n) is 3.58. The summed E-state index contributed by atoms with van der Waals surface area (Å²) in [5.41, 5.74) is 3.02. The van der Waals surface area contributed by atoms with Crippen LogP contribution in [0.5, 0.6) is 5.75 Å². The van der Waals surface area contributed by atoms with Crippen molar-refractivity contribution in [3.05, 3.63) is 68.9 Å². The molecule has 3 heterocycles. The largest absolute Gasteiger partial charge is 0.490 e. The Hall–Kier alpha value is -3.16. The minimum absolute atomic E-state index is 0.112. The number of thiophene rings is 1. The average Bonchev–Trinajstić information content (AvgIpc) is 3.43. The van der Waals surface area contributed by atoms with Gasteiger partial charge in [-0.25, -0.2) is 0 Å². The Morgan fingerprint density at radius 3 is 2.47 bits per heavy atom. The van der Waals surface area contributed by atoms with Gasteiger partial charge in [0.15, 0.2) is 5.58 Å². The van der Waals surface area contributed by atoms with Crippen LogP contribution >= 0.6 is 22.9 Å². The number of carbonyl (C=O) groups excluding carboxylic acids is 2. The van der Waals surface area contributed by atoms with E-state index in [1.165, 1.54) is 4.90 Å². The molecule has 0 unspecified atom stereocenters. The van der Waals surface area contributed by atoms with Crippen molar-refractivity contribution in [2.24, 2.45) is 0 Å². The maximum Gasteiger partial charge on any atom is 0.261 e. The molecule has 0 saturated heterocycles. The maximum atomic E-state index is 12.4. The van der Waals surface area contributed by atoms with Crippen LogP contribution in [0.25, 0.3) is 22.2 Å². The van der Waals surface area contributed by atoms with Gasteiger partial charge < -0.3 is 9.26 Å². The number of fused-ring (bicyclic) bond motifs is 2. The lowest BCUT2D eigenvalue weighted by Gasteiger charge is -2.15. The summed E-state index contributed by atoms with van der Waals surface area (Å²) in [5, 5.41) is 7.29. The quantitative estimate of drug-likeness (QED) is 0.401. The van der Waals surface area contributed by atoms with Crippen molar-refractivity contribution < 1.29 is 18.8 Å². The molecule has 30 heavy (non-hydrogen) atoms. The number of imide groups is 1. The van der Waals surface area contributed by atoms with Crippen LogP contribution in [0.4, 0.5) is 0 Å². The minimum Gasteiger partial charge on any atom is -0.490 e. The predicted octanol–water partition coefficient (Wildman–Crippen LogP) is 5.19. The van der Waals surface area contributed by atoms with Gasteiger partial charge in [-0.1, -0.05) is 28.9 Å². The standard InChI is InChI=1S/C22H15ClN2O4S/c1-12-13(8-11-30-12)19-16-6-7-17(18(23)20(16)29-24-19)28-10-9-25-21(26)14-4-2-3-5-15(14)22(25)27/h2-8,11H,9-10H2,1H3. The molecule has 0 aliphatic carbocycles. The Kier molecular flexibility index (Phi) is 4.56. The molecule has 0 bridgehead atoms. The number of ether oxygens (including phenoxy) is 1. The summed E-state index contributed by atoms with van der Waals surface area (Å²) in [7, 11) is 0. The highest BCUT2D eigenvalue weighted by Crippen LogP contribution is 2.39. The van der Waals surface area contributed by atoms with Crippen molar-refractivity contribution in [2.45, 2.75) is 6.92 Å². The predicted molar refractivity (Wildman–Crippen MR) is 114 cm³/mol. The first-order valence-electron chi connectivity index (χ1n) is 9.26. The zero-order valence-electron chi connectivity index (χ0n) is 15.8. The molecule has 1 aliphatic heterocycles. The Morgan fingerprint density at radius 2 is 1.80 bits per heavy atom. The highest BCUT2D eigenvalue weighted by atomic mass is 35.5. The van der Waals surface area contributed by atoms with Crippen LogP contribution in [-0.2, 0) is 0 Å². The van der Waals surface area contributed by atoms with Crippen LogP contribution in [0.2, 0.25) is 5.02 Å². The summed E-state index contributed by atoms with van der Waals surface area (Å²) < 4.78 is 11.2. The van der Waals surface area contributed by atoms with Crippen molar-refractivity contribution in [1.82, 2.24) is 10.1 Å². The van der Waals surface area contributed by atoms with Gasteiger partial charge in [0.2, 0.25) is 0 Å². The molecule has 0 spiro atoms. The molecule has 0 fully saturated rings. The molecule has 150 valence electrons. The van der Waals surface area contributed by atoms with Gasteiger partial charge in [-0.2, -0.15) is 0 Å². The van der Waals surface area contributed by atoms with E-state index in [1.807, 2.05) is 24.4 Å². The van der Waals surface area contributed by atoms with Crippen LogP contribution in [0.15, 0.2) is 52.4 Å². The highest BCUT2D eigenvalue weighted by Gasteiger charge is 2.34. The molecule has 2 aromatic heterocycles. The summed E-state index contributed by atoms with van der Waals surface area (Å²) in [6, 6.07) is 12.4. The lowest BCUT2D eigenvalue weighted by atomic mass is 10.1. The van der Waals surface area contributed by atoms with E-state index in [4.69, 9.17) is 20.9 Å². The van der Waals surface area contributed by atoms with Crippen molar-refractivity contribution in [1.29, 1.82) is 0 Å². The van der Waals surface area contributed by atoms with E-state index < -0.39 is 0 Å². The molecule has 0 atom stereocenters. The van der Waals surface area contributed by atoms with Gasteiger partial charge in [-0.05, 0) is 42.6 Å². The smallest absolute Gasteiger partial charge is 0.261 e. The van der Waals surface area contributed by atoms with Gasteiger partial charge in [0.1, 0.15) is 23.1 Å². The second kappa shape index (κ2) is 7.27. The van der Waals surface area contributed by atoms with Crippen molar-refractivity contribution in [3.63, 3.8) is 0 Å². The Morgan fingerprint density at radius 1 is 1.07 bits per heavy atom. The fourth-order valence-corrected chi connectivity index (χ4v) is 4.53. The number of hydrogen-bond acceptors (Lipinski definition) is 6. The van der Waals surface area contributed by atoms with Crippen LogP contribution < -0.4 is 4.74 Å². The van der Waals surface area contributed by atoms with Gasteiger partial charge in [-0.3, -0.25) is 14.5 Å². The van der Waals surface area contributed by atoms with Gasteiger partial charge in [-0.15, -0.1) is 11.3 Å². The Bertz CT molecular complexity index is 1270. The summed E-state index contributed by atoms with van der Waals surface area (Å²) in [4.78, 5) is 27.2. The van der Waals surface area contributed by atoms with E-state index in [2.05, 4.69) is 5.16 Å². The normalized spacial score (nSPS) is 13.3. The molecule has 0 radical (unpaired) electrons. The first kappa shape index (κ1) is 18.8. The average molecular weight is 439 g/mol. The number of amides is 2. The molecule has 2 amide bonds. The van der Waals surface area contributed by atoms with Crippen molar-refractivity contribution >= 4 is 45.7 Å². The van der Waals surface area contributed by atoms with E-state index in [1.54, 1.807) is 41.7 Å². The summed E-state index contributed by atoms with van der Waals surface area (Å²) in [5.74, 6) is -0.218. The molecular weight excluding hydrogens is 424 g/mol. The molecule has 1 aliphatic rings. The molecular formula is C22H15ClN2O4S. The van der Waals surface area contributed by atoms with Crippen molar-refractivity contribution in [3.8, 4) is 17.0 Å². The van der Waals surface area contributed by atoms with E-state index in [0.717, 1.165) is 21.5 Å². The highest BCUT2D eigenvalue weighted by molar-refractivity contribution is 7.10. The second-order valence-electron chi connectivity index (χ2n) is 6.83. The number of carbonyl (C=O) groups is 2. The number of halogens is 1. The van der Waals surface area contributed by atoms with E-state index in [0.29, 0.717) is 27.5 Å². The molecule has 4 aromatic rings. The number of nitrogens with zero attached hydrogens (tertiary/aromatic N) is 2. The van der Waals surface area contributed by atoms with Gasteiger partial charge in [0.05, 0.1) is 23.1 Å². The number of hydrogen-bond donors (Lipinski definition) is 0. The summed E-state index contributed by atoms with van der Waals surface area (Å²) in [6.07, 6.45) is 0. The maximum absolute atomic E-state index is 12.4. The zero-order chi connectivity index (χ0) is 20.8. The first-order chi connectivity index (χ1) is 14.6. The lowest BCUT2D eigenvalue weighted by Crippen LogP contribution is -2.33. The van der Waals surface area contributed by atoms with Crippen LogP contribution in [0.1, 0.15) is 25.6 Å².